The minimum Gasteiger partial charge on any atom is -0.354 e. The number of rotatable bonds is 8. The van der Waals surface area contributed by atoms with Gasteiger partial charge in [-0.3, -0.25) is 0 Å². The van der Waals surface area contributed by atoms with Crippen LogP contribution in [0.1, 0.15) is 6.92 Å². The van der Waals surface area contributed by atoms with Crippen molar-refractivity contribution >= 4 is 55.1 Å². The smallest absolute Gasteiger partial charge is 0.0635 e. The van der Waals surface area contributed by atoms with Gasteiger partial charge in [-0.15, -0.1) is 0 Å². The van der Waals surface area contributed by atoms with E-state index in [1.54, 1.807) is 0 Å². The third-order valence-electron chi connectivity index (χ3n) is 15.2. The van der Waals surface area contributed by atoms with Crippen LogP contribution in [0, 0.1) is 11.8 Å². The summed E-state index contributed by atoms with van der Waals surface area (Å²) < 4.78 is 0. The van der Waals surface area contributed by atoms with Crippen LogP contribution in [0.25, 0.3) is 76.8 Å². The van der Waals surface area contributed by atoms with E-state index in [-0.39, 0.29) is 5.54 Å². The summed E-state index contributed by atoms with van der Waals surface area (Å²) in [7, 11) is 0. The maximum Gasteiger partial charge on any atom is 0.0635 e. The fourth-order valence-corrected chi connectivity index (χ4v) is 11.8. The van der Waals surface area contributed by atoms with Crippen molar-refractivity contribution < 1.29 is 0 Å². The number of anilines is 4. The molecule has 13 rings (SSSR count). The Morgan fingerprint density at radius 2 is 0.870 bits per heavy atom. The highest BCUT2D eigenvalue weighted by Gasteiger charge is 2.53. The van der Waals surface area contributed by atoms with Crippen molar-refractivity contribution in [3.05, 3.63) is 267 Å². The number of benzene rings is 10. The third kappa shape index (κ3) is 6.94. The van der Waals surface area contributed by atoms with Gasteiger partial charge in [-0.05, 0) is 127 Å². The van der Waals surface area contributed by atoms with E-state index < -0.39 is 0 Å². The van der Waals surface area contributed by atoms with E-state index in [4.69, 9.17) is 0 Å². The molecule has 2 aliphatic carbocycles. The zero-order valence-electron chi connectivity index (χ0n) is 38.5. The van der Waals surface area contributed by atoms with E-state index in [1.807, 2.05) is 0 Å². The van der Waals surface area contributed by atoms with Crippen molar-refractivity contribution in [2.75, 3.05) is 9.80 Å². The molecule has 1 heterocycles. The Bertz CT molecular complexity index is 3680. The van der Waals surface area contributed by atoms with Crippen molar-refractivity contribution in [1.29, 1.82) is 0 Å². The minimum absolute atomic E-state index is 0.123. The molecule has 0 bridgehead atoms. The SMILES string of the molecule is CC12C=CC=CC1C1C=CC=CC1N2c1ccccc1-c1ccc(-c2ccc(N(c3ccc(-c4cccc5ccccc45)cc3)c3ccc(-c4cc5ccccc5c5ccccc45)cc3)cc2)cc1. The van der Waals surface area contributed by atoms with Crippen LogP contribution in [-0.2, 0) is 0 Å². The maximum atomic E-state index is 2.67. The van der Waals surface area contributed by atoms with Crippen LogP contribution in [0.3, 0.4) is 0 Å². The second-order valence-corrected chi connectivity index (χ2v) is 19.0. The van der Waals surface area contributed by atoms with E-state index in [0.29, 0.717) is 17.9 Å². The summed E-state index contributed by atoms with van der Waals surface area (Å²) in [5.74, 6) is 0.841. The van der Waals surface area contributed by atoms with Gasteiger partial charge >= 0.3 is 0 Å². The molecule has 10 aromatic carbocycles. The highest BCUT2D eigenvalue weighted by atomic mass is 15.3. The van der Waals surface area contributed by atoms with E-state index in [0.717, 1.165) is 17.1 Å². The summed E-state index contributed by atoms with van der Waals surface area (Å²) in [6, 6.07) is 80.7. The average molecular weight is 883 g/mol. The van der Waals surface area contributed by atoms with Gasteiger partial charge in [0.25, 0.3) is 0 Å². The van der Waals surface area contributed by atoms with Crippen LogP contribution in [0.2, 0.25) is 0 Å². The van der Waals surface area contributed by atoms with E-state index in [1.165, 1.54) is 82.5 Å². The standard InChI is InChI=1S/C67H50N2/c1-67-44-13-12-25-64(67)62-23-9-11-27-66(62)69(67)65-26-10-8-20-59(65)50-30-28-46(29-31-50)47-32-38-53(39-33-47)68(54-40-34-49(35-41-54)57-24-14-17-48-15-2-4-18-56(48)57)55-42-36-51(37-43-55)63-45-52-16-3-5-19-58(52)60-21-6-7-22-61(60)63/h2-45,62,64,66H,1H3. The summed E-state index contributed by atoms with van der Waals surface area (Å²) in [5, 5.41) is 7.58. The molecule has 0 saturated carbocycles. The van der Waals surface area contributed by atoms with Gasteiger partial charge in [0.2, 0.25) is 0 Å². The molecule has 2 nitrogen and oxygen atoms in total. The van der Waals surface area contributed by atoms with Crippen LogP contribution in [0.15, 0.2) is 267 Å². The molecule has 0 N–H and O–H groups in total. The zero-order valence-corrected chi connectivity index (χ0v) is 38.5. The van der Waals surface area contributed by atoms with Gasteiger partial charge in [0.05, 0.1) is 11.6 Å². The number of fused-ring (bicyclic) bond motifs is 7. The van der Waals surface area contributed by atoms with Crippen molar-refractivity contribution in [2.24, 2.45) is 11.8 Å². The van der Waals surface area contributed by atoms with Crippen molar-refractivity contribution in [3.63, 3.8) is 0 Å². The molecule has 0 spiro atoms. The molecular formula is C67H50N2. The lowest BCUT2D eigenvalue weighted by Crippen LogP contribution is -2.47. The summed E-state index contributed by atoms with van der Waals surface area (Å²) in [6.45, 7) is 2.41. The molecule has 10 aromatic rings. The molecule has 0 radical (unpaired) electrons. The molecule has 69 heavy (non-hydrogen) atoms. The van der Waals surface area contributed by atoms with Crippen LogP contribution >= 0.6 is 0 Å². The topological polar surface area (TPSA) is 6.48 Å². The predicted molar refractivity (Wildman–Crippen MR) is 294 cm³/mol. The molecule has 1 aliphatic heterocycles. The lowest BCUT2D eigenvalue weighted by Gasteiger charge is -2.41. The summed E-state index contributed by atoms with van der Waals surface area (Å²) in [5.41, 5.74) is 14.2. The monoisotopic (exact) mass is 882 g/mol. The molecule has 4 atom stereocenters. The van der Waals surface area contributed by atoms with Gasteiger partial charge in [-0.25, -0.2) is 0 Å². The minimum atomic E-state index is -0.123. The Morgan fingerprint density at radius 1 is 0.377 bits per heavy atom. The summed E-state index contributed by atoms with van der Waals surface area (Å²) >= 11 is 0. The van der Waals surface area contributed by atoms with Crippen molar-refractivity contribution in [1.82, 2.24) is 0 Å². The van der Waals surface area contributed by atoms with Gasteiger partial charge in [0.1, 0.15) is 0 Å². The second-order valence-electron chi connectivity index (χ2n) is 19.0. The fourth-order valence-electron chi connectivity index (χ4n) is 11.8. The Balaban J connectivity index is 0.843. The number of nitrogens with zero attached hydrogens (tertiary/aromatic N) is 2. The Kier molecular flexibility index (Phi) is 9.87. The molecule has 4 unspecified atom stereocenters. The van der Waals surface area contributed by atoms with Gasteiger partial charge < -0.3 is 9.80 Å². The van der Waals surface area contributed by atoms with Crippen LogP contribution in [0.4, 0.5) is 22.7 Å². The average Bonchev–Trinajstić information content (AvgIpc) is 3.69. The molecule has 328 valence electrons. The van der Waals surface area contributed by atoms with Crippen LogP contribution < -0.4 is 9.80 Å². The maximum absolute atomic E-state index is 2.67. The Labute approximate surface area is 404 Å². The highest BCUT2D eigenvalue weighted by molar-refractivity contribution is 6.13. The van der Waals surface area contributed by atoms with Gasteiger partial charge in [0.15, 0.2) is 0 Å². The third-order valence-corrected chi connectivity index (χ3v) is 15.2. The molecule has 2 heteroatoms. The second kappa shape index (κ2) is 16.7. The number of hydrogen-bond donors (Lipinski definition) is 0. The first-order valence-electron chi connectivity index (χ1n) is 24.3. The van der Waals surface area contributed by atoms with Gasteiger partial charge in [0, 0.05) is 40.1 Å². The lowest BCUT2D eigenvalue weighted by molar-refractivity contribution is 0.435. The molecule has 1 fully saturated rings. The largest absolute Gasteiger partial charge is 0.354 e. The van der Waals surface area contributed by atoms with E-state index >= 15 is 0 Å². The van der Waals surface area contributed by atoms with Gasteiger partial charge in [-0.1, -0.05) is 218 Å². The first-order valence-corrected chi connectivity index (χ1v) is 24.3. The first-order chi connectivity index (χ1) is 34.1. The molecule has 3 aliphatic rings. The number of allylic oxidation sites excluding steroid dienone is 4. The Morgan fingerprint density at radius 3 is 1.59 bits per heavy atom. The zero-order chi connectivity index (χ0) is 45.9. The first kappa shape index (κ1) is 40.8. The van der Waals surface area contributed by atoms with Crippen LogP contribution in [-0.4, -0.2) is 11.6 Å². The van der Waals surface area contributed by atoms with Gasteiger partial charge in [-0.2, -0.15) is 0 Å². The normalized spacial score (nSPS) is 19.0. The summed E-state index contributed by atoms with van der Waals surface area (Å²) in [4.78, 5) is 5.05. The molecule has 0 aromatic heterocycles. The predicted octanol–water partition coefficient (Wildman–Crippen LogP) is 17.7. The molecular weight excluding hydrogens is 833 g/mol. The lowest BCUT2D eigenvalue weighted by atomic mass is 9.76. The highest BCUT2D eigenvalue weighted by Crippen LogP contribution is 2.52. The number of hydrogen-bond acceptors (Lipinski definition) is 2. The van der Waals surface area contributed by atoms with Crippen molar-refractivity contribution in [2.45, 2.75) is 18.5 Å². The summed E-state index contributed by atoms with van der Waals surface area (Å²) in [6.07, 6.45) is 18.5. The molecule has 0 amide bonds. The fraction of sp³-hybridized carbons (Fsp3) is 0.0746. The molecule has 1 saturated heterocycles. The van der Waals surface area contributed by atoms with E-state index in [9.17, 15) is 0 Å². The quantitative estimate of drug-likeness (QED) is 0.140. The van der Waals surface area contributed by atoms with Crippen molar-refractivity contribution in [3.8, 4) is 44.5 Å². The number of para-hydroxylation sites is 1. The Hall–Kier alpha value is -8.46. The van der Waals surface area contributed by atoms with E-state index in [2.05, 4.69) is 284 Å². The van der Waals surface area contributed by atoms with Crippen LogP contribution in [0.5, 0.6) is 0 Å².